The molecule has 2 N–H and O–H groups in total. The van der Waals surface area contributed by atoms with E-state index >= 15 is 0 Å². The molecule has 1 aliphatic heterocycles. The van der Waals surface area contributed by atoms with Gasteiger partial charge in [0.25, 0.3) is 0 Å². The number of fused-ring (bicyclic) bond motifs is 1. The number of halogens is 1. The molecule has 3 nitrogen and oxygen atoms in total. The molecule has 0 radical (unpaired) electrons. The maximum atomic E-state index is 13.4. The molecule has 1 unspecified atom stereocenters. The van der Waals surface area contributed by atoms with Crippen LogP contribution < -0.4 is 15.4 Å². The number of likely N-dealkylation sites (N-methyl/N-ethyl adjacent to an activating group) is 1. The molecule has 4 heteroatoms. The van der Waals surface area contributed by atoms with Gasteiger partial charge >= 0.3 is 0 Å². The first kappa shape index (κ1) is 10.2. The maximum absolute atomic E-state index is 13.4. The third kappa shape index (κ3) is 1.90. The molecule has 1 aromatic carbocycles. The molecular formula is C11H15FN2O. The van der Waals surface area contributed by atoms with E-state index in [2.05, 4.69) is 4.90 Å². The highest BCUT2D eigenvalue weighted by Crippen LogP contribution is 2.33. The molecule has 0 fully saturated rings. The minimum atomic E-state index is -1.09. The topological polar surface area (TPSA) is 38.5 Å². The molecule has 1 atom stereocenters. The lowest BCUT2D eigenvalue weighted by atomic mass is 10.1. The molecule has 0 aliphatic carbocycles. The number of benzene rings is 1. The first-order valence-electron chi connectivity index (χ1n) is 5.04. The molecule has 1 aliphatic rings. The molecule has 0 saturated carbocycles. The average Bonchev–Trinajstić information content (AvgIpc) is 2.28. The summed E-state index contributed by atoms with van der Waals surface area (Å²) >= 11 is 0. The van der Waals surface area contributed by atoms with Crippen molar-refractivity contribution in [2.45, 2.75) is 6.17 Å². The number of hydrogen-bond acceptors (Lipinski definition) is 3. The van der Waals surface area contributed by atoms with E-state index in [0.29, 0.717) is 12.2 Å². The Morgan fingerprint density at radius 3 is 3.13 bits per heavy atom. The summed E-state index contributed by atoms with van der Waals surface area (Å²) in [6, 6.07) is 5.35. The maximum Gasteiger partial charge on any atom is 0.142 e. The highest BCUT2D eigenvalue weighted by atomic mass is 19.1. The van der Waals surface area contributed by atoms with Gasteiger partial charge in [0.05, 0.1) is 12.2 Å². The van der Waals surface area contributed by atoms with Crippen molar-refractivity contribution in [1.29, 1.82) is 0 Å². The van der Waals surface area contributed by atoms with Gasteiger partial charge in [-0.2, -0.15) is 0 Å². The van der Waals surface area contributed by atoms with Gasteiger partial charge in [-0.3, -0.25) is 0 Å². The minimum absolute atomic E-state index is 0.0172. The van der Waals surface area contributed by atoms with Crippen molar-refractivity contribution < 1.29 is 9.13 Å². The van der Waals surface area contributed by atoms with Gasteiger partial charge in [0, 0.05) is 13.6 Å². The van der Waals surface area contributed by atoms with Gasteiger partial charge in [0.15, 0.2) is 0 Å². The summed E-state index contributed by atoms with van der Waals surface area (Å²) in [5.41, 5.74) is 6.85. The summed E-state index contributed by atoms with van der Waals surface area (Å²) in [4.78, 5) is 2.06. The summed E-state index contributed by atoms with van der Waals surface area (Å²) in [6.07, 6.45) is -1.09. The van der Waals surface area contributed by atoms with Crippen molar-refractivity contribution in [1.82, 2.24) is 0 Å². The summed E-state index contributed by atoms with van der Waals surface area (Å²) < 4.78 is 18.8. The first-order valence-corrected chi connectivity index (χ1v) is 5.04. The van der Waals surface area contributed by atoms with Crippen LogP contribution in [-0.2, 0) is 0 Å². The van der Waals surface area contributed by atoms with Crippen LogP contribution in [0.4, 0.5) is 10.1 Å². The summed E-state index contributed by atoms with van der Waals surface area (Å²) in [7, 11) is 1.97. The standard InChI is InChI=1S/C11H15FN2O/c1-14-4-5-15-11-3-2-8(6-10(11)14)9(12)7-13/h2-3,6,9H,4-5,7,13H2,1H3. The number of ether oxygens (including phenoxy) is 1. The van der Waals surface area contributed by atoms with Gasteiger partial charge in [-0.25, -0.2) is 4.39 Å². The number of hydrogen-bond donors (Lipinski definition) is 1. The molecule has 82 valence electrons. The van der Waals surface area contributed by atoms with Crippen molar-refractivity contribution in [3.63, 3.8) is 0 Å². The van der Waals surface area contributed by atoms with Gasteiger partial charge in [-0.1, -0.05) is 6.07 Å². The van der Waals surface area contributed by atoms with E-state index in [9.17, 15) is 4.39 Å². The van der Waals surface area contributed by atoms with Gasteiger partial charge in [-0.05, 0) is 17.7 Å². The molecule has 0 spiro atoms. The molecule has 15 heavy (non-hydrogen) atoms. The van der Waals surface area contributed by atoms with E-state index < -0.39 is 6.17 Å². The lowest BCUT2D eigenvalue weighted by Crippen LogP contribution is -2.28. The number of alkyl halides is 1. The van der Waals surface area contributed by atoms with E-state index in [-0.39, 0.29) is 6.54 Å². The molecule has 2 rings (SSSR count). The van der Waals surface area contributed by atoms with Crippen molar-refractivity contribution in [2.75, 3.05) is 31.6 Å². The van der Waals surface area contributed by atoms with E-state index in [1.807, 2.05) is 19.2 Å². The third-order valence-electron chi connectivity index (χ3n) is 2.65. The summed E-state index contributed by atoms with van der Waals surface area (Å²) in [5.74, 6) is 0.816. The highest BCUT2D eigenvalue weighted by molar-refractivity contribution is 5.61. The largest absolute Gasteiger partial charge is 0.490 e. The predicted molar refractivity (Wildman–Crippen MR) is 58.1 cm³/mol. The lowest BCUT2D eigenvalue weighted by Gasteiger charge is -2.28. The number of rotatable bonds is 2. The van der Waals surface area contributed by atoms with Gasteiger partial charge in [-0.15, -0.1) is 0 Å². The molecular weight excluding hydrogens is 195 g/mol. The van der Waals surface area contributed by atoms with Crippen LogP contribution in [0.15, 0.2) is 18.2 Å². The zero-order chi connectivity index (χ0) is 10.8. The van der Waals surface area contributed by atoms with Crippen molar-refractivity contribution in [3.8, 4) is 5.75 Å². The fraction of sp³-hybridized carbons (Fsp3) is 0.455. The lowest BCUT2D eigenvalue weighted by molar-refractivity contribution is 0.310. The Morgan fingerprint density at radius 2 is 2.40 bits per heavy atom. The van der Waals surface area contributed by atoms with Gasteiger partial charge in [0.1, 0.15) is 18.5 Å². The number of anilines is 1. The number of nitrogens with two attached hydrogens (primary N) is 1. The zero-order valence-electron chi connectivity index (χ0n) is 8.74. The van der Waals surface area contributed by atoms with Gasteiger partial charge in [0.2, 0.25) is 0 Å². The van der Waals surface area contributed by atoms with Crippen LogP contribution >= 0.6 is 0 Å². The van der Waals surface area contributed by atoms with Gasteiger partial charge < -0.3 is 15.4 Å². The van der Waals surface area contributed by atoms with Crippen LogP contribution in [-0.4, -0.2) is 26.7 Å². The van der Waals surface area contributed by atoms with E-state index in [0.717, 1.165) is 18.0 Å². The quantitative estimate of drug-likeness (QED) is 0.803. The van der Waals surface area contributed by atoms with E-state index in [1.165, 1.54) is 0 Å². The monoisotopic (exact) mass is 210 g/mol. The molecule has 1 aromatic rings. The highest BCUT2D eigenvalue weighted by Gasteiger charge is 2.17. The Labute approximate surface area is 88.6 Å². The third-order valence-corrected chi connectivity index (χ3v) is 2.65. The molecule has 1 heterocycles. The number of nitrogens with zero attached hydrogens (tertiary/aromatic N) is 1. The normalized spacial score (nSPS) is 16.9. The van der Waals surface area contributed by atoms with Crippen LogP contribution in [0.25, 0.3) is 0 Å². The Kier molecular flexibility index (Phi) is 2.77. The first-order chi connectivity index (χ1) is 7.22. The van der Waals surface area contributed by atoms with Crippen molar-refractivity contribution >= 4 is 5.69 Å². The molecule has 0 saturated heterocycles. The second-order valence-electron chi connectivity index (χ2n) is 3.70. The predicted octanol–water partition coefficient (Wildman–Crippen LogP) is 1.48. The minimum Gasteiger partial charge on any atom is -0.490 e. The van der Waals surface area contributed by atoms with Crippen LogP contribution in [0.5, 0.6) is 5.75 Å². The Hall–Kier alpha value is -1.29. The SMILES string of the molecule is CN1CCOc2ccc(C(F)CN)cc21. The zero-order valence-corrected chi connectivity index (χ0v) is 8.74. The van der Waals surface area contributed by atoms with E-state index in [1.54, 1.807) is 6.07 Å². The Morgan fingerprint density at radius 1 is 1.60 bits per heavy atom. The fourth-order valence-electron chi connectivity index (χ4n) is 1.70. The van der Waals surface area contributed by atoms with Crippen LogP contribution in [0.3, 0.4) is 0 Å². The van der Waals surface area contributed by atoms with Crippen LogP contribution in [0.2, 0.25) is 0 Å². The van der Waals surface area contributed by atoms with Crippen LogP contribution in [0, 0.1) is 0 Å². The van der Waals surface area contributed by atoms with E-state index in [4.69, 9.17) is 10.5 Å². The van der Waals surface area contributed by atoms with Crippen molar-refractivity contribution in [2.24, 2.45) is 5.73 Å². The Balaban J connectivity index is 2.35. The molecule has 0 aromatic heterocycles. The second-order valence-corrected chi connectivity index (χ2v) is 3.70. The Bertz CT molecular complexity index is 356. The fourth-order valence-corrected chi connectivity index (χ4v) is 1.70. The van der Waals surface area contributed by atoms with Crippen LogP contribution in [0.1, 0.15) is 11.7 Å². The summed E-state index contributed by atoms with van der Waals surface area (Å²) in [6.45, 7) is 1.53. The molecule has 0 amide bonds. The smallest absolute Gasteiger partial charge is 0.142 e. The van der Waals surface area contributed by atoms with Crippen molar-refractivity contribution in [3.05, 3.63) is 23.8 Å². The average molecular weight is 210 g/mol. The summed E-state index contributed by atoms with van der Waals surface area (Å²) in [5, 5.41) is 0. The second kappa shape index (κ2) is 4.06. The molecule has 0 bridgehead atoms.